The van der Waals surface area contributed by atoms with Gasteiger partial charge in [0.2, 0.25) is 0 Å². The van der Waals surface area contributed by atoms with Gasteiger partial charge in [0.05, 0.1) is 0 Å². The third-order valence-electron chi connectivity index (χ3n) is 6.86. The molecule has 218 valence electrons. The van der Waals surface area contributed by atoms with Gasteiger partial charge in [0.25, 0.3) is 0 Å². The van der Waals surface area contributed by atoms with Crippen LogP contribution < -0.4 is 4.52 Å². The average molecular weight is 569 g/mol. The molecule has 0 aliphatic carbocycles. The van der Waals surface area contributed by atoms with Gasteiger partial charge < -0.3 is 4.52 Å². The molecule has 1 unspecified atom stereocenters. The number of carbonyl (C=O) groups excluding carboxylic acids is 1. The summed E-state index contributed by atoms with van der Waals surface area (Å²) in [7, 11) is -4.10. The van der Waals surface area contributed by atoms with E-state index in [1.807, 2.05) is 26.0 Å². The Labute approximate surface area is 237 Å². The van der Waals surface area contributed by atoms with Crippen molar-refractivity contribution in [2.75, 3.05) is 6.26 Å². The third kappa shape index (κ3) is 18.3. The fourth-order valence-electron chi connectivity index (χ4n) is 4.71. The molecule has 5 nitrogen and oxygen atoms in total. The normalized spacial score (nSPS) is 14.3. The zero-order valence-electron chi connectivity index (χ0n) is 24.4. The van der Waals surface area contributed by atoms with Crippen molar-refractivity contribution in [2.24, 2.45) is 5.92 Å². The molecule has 0 saturated heterocycles. The molecule has 2 atom stereocenters. The highest BCUT2D eigenvalue weighted by molar-refractivity contribution is 7.97. The number of allylic oxidation sites excluding steroid dienone is 2. The molecular formula is C31H53O5PS. The lowest BCUT2D eigenvalue weighted by Gasteiger charge is -2.12. The van der Waals surface area contributed by atoms with Crippen molar-refractivity contribution in [3.63, 3.8) is 0 Å². The second kappa shape index (κ2) is 21.7. The first-order valence-electron chi connectivity index (χ1n) is 14.8. The first kappa shape index (κ1) is 35.0. The number of hydrogen-bond donors (Lipinski definition) is 1. The zero-order valence-corrected chi connectivity index (χ0v) is 26.1. The summed E-state index contributed by atoms with van der Waals surface area (Å²) in [6.45, 7) is 6.30. The van der Waals surface area contributed by atoms with Gasteiger partial charge in [0.15, 0.2) is 0 Å². The van der Waals surface area contributed by atoms with E-state index in [0.717, 1.165) is 42.4 Å². The topological polar surface area (TPSA) is 72.8 Å². The van der Waals surface area contributed by atoms with Crippen LogP contribution in [0.4, 0.5) is 0 Å². The Morgan fingerprint density at radius 2 is 1.37 bits per heavy atom. The maximum Gasteiger partial charge on any atom is 0.538 e. The minimum Gasteiger partial charge on any atom is -0.404 e. The minimum atomic E-state index is -4.10. The van der Waals surface area contributed by atoms with E-state index in [4.69, 9.17) is 4.52 Å². The summed E-state index contributed by atoms with van der Waals surface area (Å²) in [5.41, 5.74) is 2.18. The van der Waals surface area contributed by atoms with Gasteiger partial charge in [-0.1, -0.05) is 128 Å². The largest absolute Gasteiger partial charge is 0.538 e. The lowest BCUT2D eigenvalue weighted by Crippen LogP contribution is -2.09. The molecule has 38 heavy (non-hydrogen) atoms. The number of Topliss-reactive ketones (excluding diaryl/α,β-unsaturated/α-hetero) is 1. The highest BCUT2D eigenvalue weighted by atomic mass is 32.2. The van der Waals surface area contributed by atoms with Crippen LogP contribution in [0.25, 0.3) is 0 Å². The molecular weight excluding hydrogens is 515 g/mol. The van der Waals surface area contributed by atoms with Gasteiger partial charge >= 0.3 is 7.82 Å². The Hall–Kier alpha value is -1.07. The summed E-state index contributed by atoms with van der Waals surface area (Å²) in [5, 5.41) is 0. The molecule has 0 amide bonds. The van der Waals surface area contributed by atoms with Crippen LogP contribution in [0.2, 0.25) is 0 Å². The van der Waals surface area contributed by atoms with Crippen LogP contribution in [0, 0.1) is 5.92 Å². The molecule has 7 heteroatoms. The fraction of sp³-hybridized carbons (Fsp3) is 0.710. The maximum absolute atomic E-state index is 12.6. The first-order valence-corrected chi connectivity index (χ1v) is 17.5. The second-order valence-corrected chi connectivity index (χ2v) is 12.6. The third-order valence-corrected chi connectivity index (χ3v) is 8.66. The Balaban J connectivity index is 2.13. The molecule has 0 fully saturated rings. The number of rotatable bonds is 24. The van der Waals surface area contributed by atoms with Crippen molar-refractivity contribution in [1.82, 2.24) is 0 Å². The standard InChI is InChI=1S/C31H53O5PS/c1-5-6-7-8-9-10-11-12-13-14-15-16-17-18-19-20-31(32)28(3)25-27(2)26-29-21-23-30(24-22-29)35-37(33,34)36-38-4/h21-25,28H,5-20,26H2,1-4H3,(H,33,34)/t28-/m1/s1. The van der Waals surface area contributed by atoms with Crippen molar-refractivity contribution in [1.29, 1.82) is 0 Å². The van der Waals surface area contributed by atoms with Gasteiger partial charge in [0.1, 0.15) is 11.5 Å². The monoisotopic (exact) mass is 568 g/mol. The van der Waals surface area contributed by atoms with Gasteiger partial charge in [0, 0.05) is 30.6 Å². The van der Waals surface area contributed by atoms with E-state index in [-0.39, 0.29) is 11.7 Å². The summed E-state index contributed by atoms with van der Waals surface area (Å²) in [6, 6.07) is 7.02. The number of benzene rings is 1. The molecule has 1 rings (SSSR count). The second-order valence-electron chi connectivity index (χ2n) is 10.6. The summed E-state index contributed by atoms with van der Waals surface area (Å²) >= 11 is 0.788. The van der Waals surface area contributed by atoms with Crippen LogP contribution in [0.3, 0.4) is 0 Å². The van der Waals surface area contributed by atoms with Crippen LogP contribution in [0.5, 0.6) is 5.75 Å². The maximum atomic E-state index is 12.6. The van der Waals surface area contributed by atoms with Crippen LogP contribution >= 0.6 is 19.9 Å². The molecule has 1 N–H and O–H groups in total. The van der Waals surface area contributed by atoms with Crippen LogP contribution in [-0.2, 0) is 19.8 Å². The molecule has 0 aliphatic rings. The molecule has 0 aromatic heterocycles. The number of ketones is 1. The van der Waals surface area contributed by atoms with E-state index < -0.39 is 7.82 Å². The predicted molar refractivity (Wildman–Crippen MR) is 163 cm³/mol. The molecule has 1 aromatic carbocycles. The van der Waals surface area contributed by atoms with Crippen molar-refractivity contribution in [2.45, 2.75) is 130 Å². The van der Waals surface area contributed by atoms with E-state index in [9.17, 15) is 14.3 Å². The quantitative estimate of drug-likeness (QED) is 0.0579. The van der Waals surface area contributed by atoms with Gasteiger partial charge in [-0.25, -0.2) is 8.54 Å². The summed E-state index contributed by atoms with van der Waals surface area (Å²) in [5.74, 6) is 0.519. The first-order chi connectivity index (χ1) is 18.3. The van der Waals surface area contributed by atoms with Crippen LogP contribution in [0.15, 0.2) is 35.9 Å². The Bertz CT molecular complexity index is 824. The Morgan fingerprint density at radius 3 is 1.84 bits per heavy atom. The van der Waals surface area contributed by atoms with Crippen molar-refractivity contribution < 1.29 is 22.7 Å². The number of phosphoric ester groups is 1. The lowest BCUT2D eigenvalue weighted by atomic mass is 9.96. The molecule has 0 heterocycles. The molecule has 0 bridgehead atoms. The molecule has 0 radical (unpaired) electrons. The van der Waals surface area contributed by atoms with Crippen molar-refractivity contribution >= 4 is 25.6 Å². The highest BCUT2D eigenvalue weighted by Gasteiger charge is 2.22. The number of carbonyl (C=O) groups is 1. The van der Waals surface area contributed by atoms with Gasteiger partial charge in [-0.15, -0.1) is 0 Å². The Morgan fingerprint density at radius 1 is 0.895 bits per heavy atom. The fourth-order valence-corrected chi connectivity index (χ4v) is 5.97. The number of hydrogen-bond acceptors (Lipinski definition) is 5. The van der Waals surface area contributed by atoms with E-state index in [1.165, 1.54) is 83.5 Å². The molecule has 1 aromatic rings. The van der Waals surface area contributed by atoms with Gasteiger partial charge in [-0.2, -0.15) is 0 Å². The summed E-state index contributed by atoms with van der Waals surface area (Å²) < 4.78 is 21.4. The van der Waals surface area contributed by atoms with Crippen LogP contribution in [-0.4, -0.2) is 16.9 Å². The average Bonchev–Trinajstić information content (AvgIpc) is 2.87. The van der Waals surface area contributed by atoms with Crippen molar-refractivity contribution in [3.8, 4) is 5.75 Å². The Kier molecular flexibility index (Phi) is 20.0. The van der Waals surface area contributed by atoms with E-state index in [2.05, 4.69) is 17.0 Å². The minimum absolute atomic E-state index is 0.0757. The molecule has 0 aliphatic heterocycles. The SMILES string of the molecule is CCCCCCCCCCCCCCCCCC(=O)[C@H](C)C=C(C)Cc1ccc(OP(=O)(O)OSC)cc1. The highest BCUT2D eigenvalue weighted by Crippen LogP contribution is 2.46. The van der Waals surface area contributed by atoms with Crippen molar-refractivity contribution in [3.05, 3.63) is 41.5 Å². The molecule has 0 spiro atoms. The zero-order chi connectivity index (χ0) is 28.1. The summed E-state index contributed by atoms with van der Waals surface area (Å²) in [6.07, 6.45) is 24.9. The van der Waals surface area contributed by atoms with Gasteiger partial charge in [-0.05, 0) is 37.5 Å². The predicted octanol–water partition coefficient (Wildman–Crippen LogP) is 10.4. The number of unbranched alkanes of at least 4 members (excludes halogenated alkanes) is 14. The smallest absolute Gasteiger partial charge is 0.404 e. The van der Waals surface area contributed by atoms with E-state index in [0.29, 0.717) is 12.2 Å². The van der Waals surface area contributed by atoms with Gasteiger partial charge in [-0.3, -0.25) is 9.69 Å². The molecule has 0 saturated carbocycles. The lowest BCUT2D eigenvalue weighted by molar-refractivity contribution is -0.121. The summed E-state index contributed by atoms with van der Waals surface area (Å²) in [4.78, 5) is 22.1. The van der Waals surface area contributed by atoms with Crippen LogP contribution in [0.1, 0.15) is 129 Å². The number of phosphoric acid groups is 1. The van der Waals surface area contributed by atoms with E-state index in [1.54, 1.807) is 18.4 Å². The van der Waals surface area contributed by atoms with E-state index >= 15 is 0 Å².